The molecule has 0 N–H and O–H groups in total. The highest BCUT2D eigenvalue weighted by molar-refractivity contribution is 9.09. The van der Waals surface area contributed by atoms with Crippen LogP contribution in [0.5, 0.6) is 0 Å². The lowest BCUT2D eigenvalue weighted by atomic mass is 10.2. The van der Waals surface area contributed by atoms with Gasteiger partial charge in [0.05, 0.1) is 0 Å². The van der Waals surface area contributed by atoms with Gasteiger partial charge in [0.15, 0.2) is 0 Å². The summed E-state index contributed by atoms with van der Waals surface area (Å²) in [6.07, 6.45) is 5.53. The Morgan fingerprint density at radius 1 is 1.07 bits per heavy atom. The van der Waals surface area contributed by atoms with Crippen molar-refractivity contribution in [3.8, 4) is 11.8 Å². The molecule has 0 aliphatic rings. The maximum Gasteiger partial charge on any atom is 0.221 e. The van der Waals surface area contributed by atoms with Gasteiger partial charge in [-0.25, -0.2) is 0 Å². The van der Waals surface area contributed by atoms with Crippen molar-refractivity contribution in [1.82, 2.24) is 0 Å². The molecule has 82 valence electrons. The van der Waals surface area contributed by atoms with Gasteiger partial charge in [-0.05, 0) is 18.8 Å². The van der Waals surface area contributed by atoms with Crippen molar-refractivity contribution in [2.75, 3.05) is 19.5 Å². The number of methoxy groups -OCH3 is 2. The van der Waals surface area contributed by atoms with Crippen LogP contribution in [0.3, 0.4) is 0 Å². The lowest BCUT2D eigenvalue weighted by molar-refractivity contribution is -0.0595. The van der Waals surface area contributed by atoms with Crippen LogP contribution in [0.2, 0.25) is 0 Å². The lowest BCUT2D eigenvalue weighted by Crippen LogP contribution is -2.09. The van der Waals surface area contributed by atoms with Crippen LogP contribution in [0.1, 0.15) is 32.1 Å². The molecule has 0 bridgehead atoms. The smallest absolute Gasteiger partial charge is 0.221 e. The zero-order valence-electron chi connectivity index (χ0n) is 9.01. The van der Waals surface area contributed by atoms with Crippen molar-refractivity contribution in [2.45, 2.75) is 38.4 Å². The number of hydrogen-bond donors (Lipinski definition) is 0. The summed E-state index contributed by atoms with van der Waals surface area (Å²) in [7, 11) is 3.19. The third kappa shape index (κ3) is 8.55. The van der Waals surface area contributed by atoms with Crippen LogP contribution < -0.4 is 0 Å². The third-order valence-electron chi connectivity index (χ3n) is 1.83. The minimum atomic E-state index is -0.363. The second kappa shape index (κ2) is 11.0. The Morgan fingerprint density at radius 2 is 1.71 bits per heavy atom. The first-order chi connectivity index (χ1) is 6.85. The fraction of sp³-hybridized carbons (Fsp3) is 0.818. The molecule has 0 atom stereocenters. The van der Waals surface area contributed by atoms with Crippen molar-refractivity contribution < 1.29 is 9.47 Å². The first-order valence-electron chi connectivity index (χ1n) is 4.95. The zero-order chi connectivity index (χ0) is 10.6. The van der Waals surface area contributed by atoms with Crippen molar-refractivity contribution in [3.63, 3.8) is 0 Å². The minimum absolute atomic E-state index is 0.363. The first kappa shape index (κ1) is 14.0. The van der Waals surface area contributed by atoms with E-state index < -0.39 is 0 Å². The van der Waals surface area contributed by atoms with Gasteiger partial charge in [0.1, 0.15) is 0 Å². The quantitative estimate of drug-likeness (QED) is 0.304. The number of ether oxygens (including phenoxy) is 2. The van der Waals surface area contributed by atoms with Crippen molar-refractivity contribution >= 4 is 15.9 Å². The Balaban J connectivity index is 3.32. The zero-order valence-corrected chi connectivity index (χ0v) is 10.6. The highest BCUT2D eigenvalue weighted by Gasteiger charge is 1.95. The number of alkyl halides is 1. The Morgan fingerprint density at radius 3 is 2.29 bits per heavy atom. The molecule has 0 heterocycles. The van der Waals surface area contributed by atoms with Gasteiger partial charge < -0.3 is 9.47 Å². The molecule has 0 unspecified atom stereocenters. The summed E-state index contributed by atoms with van der Waals surface area (Å²) < 4.78 is 9.89. The van der Waals surface area contributed by atoms with E-state index >= 15 is 0 Å². The number of unbranched alkanes of at least 4 members (excludes halogenated alkanes) is 4. The van der Waals surface area contributed by atoms with E-state index in [0.29, 0.717) is 0 Å². The number of halogens is 1. The standard InChI is InChI=1S/C11H19BrO2/c1-13-11(14-2)9-7-5-3-4-6-8-10-12/h11H,3-6,8,10H2,1-2H3. The van der Waals surface area contributed by atoms with Gasteiger partial charge in [0, 0.05) is 26.0 Å². The molecule has 0 rings (SSSR count). The van der Waals surface area contributed by atoms with Gasteiger partial charge in [-0.15, -0.1) is 0 Å². The molecule has 0 spiro atoms. The molecule has 0 saturated carbocycles. The minimum Gasteiger partial charge on any atom is -0.345 e. The van der Waals surface area contributed by atoms with Crippen LogP contribution in [0.4, 0.5) is 0 Å². The van der Waals surface area contributed by atoms with E-state index in [1.54, 1.807) is 14.2 Å². The molecule has 0 aliphatic heterocycles. The van der Waals surface area contributed by atoms with Crippen LogP contribution in [0.25, 0.3) is 0 Å². The molecular formula is C11H19BrO2. The highest BCUT2D eigenvalue weighted by Crippen LogP contribution is 2.03. The molecular weight excluding hydrogens is 244 g/mol. The van der Waals surface area contributed by atoms with Gasteiger partial charge in [-0.1, -0.05) is 34.7 Å². The molecule has 0 aromatic rings. The maximum atomic E-state index is 4.94. The van der Waals surface area contributed by atoms with Crippen molar-refractivity contribution in [3.05, 3.63) is 0 Å². The molecule has 0 radical (unpaired) electrons. The molecule has 0 aromatic heterocycles. The molecule has 14 heavy (non-hydrogen) atoms. The third-order valence-corrected chi connectivity index (χ3v) is 2.39. The fourth-order valence-electron chi connectivity index (χ4n) is 1.03. The summed E-state index contributed by atoms with van der Waals surface area (Å²) in [6, 6.07) is 0. The van der Waals surface area contributed by atoms with Crippen LogP contribution in [-0.4, -0.2) is 25.8 Å². The average Bonchev–Trinajstić information content (AvgIpc) is 2.22. The maximum absolute atomic E-state index is 4.94. The van der Waals surface area contributed by atoms with Gasteiger partial charge >= 0.3 is 0 Å². The summed E-state index contributed by atoms with van der Waals surface area (Å²) in [5, 5.41) is 1.11. The predicted molar refractivity (Wildman–Crippen MR) is 62.5 cm³/mol. The normalized spacial score (nSPS) is 10.0. The average molecular weight is 263 g/mol. The Hall–Kier alpha value is -0.0400. The van der Waals surface area contributed by atoms with Gasteiger partial charge in [0.2, 0.25) is 6.29 Å². The second-order valence-electron chi connectivity index (χ2n) is 2.98. The molecule has 0 amide bonds. The number of rotatable bonds is 7. The monoisotopic (exact) mass is 262 g/mol. The number of hydrogen-bond acceptors (Lipinski definition) is 2. The molecule has 2 nitrogen and oxygen atoms in total. The van der Waals surface area contributed by atoms with E-state index in [1.165, 1.54) is 25.7 Å². The molecule has 3 heteroatoms. The molecule has 0 aliphatic carbocycles. The largest absolute Gasteiger partial charge is 0.345 e. The summed E-state index contributed by atoms with van der Waals surface area (Å²) >= 11 is 3.41. The van der Waals surface area contributed by atoms with Gasteiger partial charge in [-0.2, -0.15) is 0 Å². The van der Waals surface area contributed by atoms with Crippen LogP contribution in [0, 0.1) is 11.8 Å². The van der Waals surface area contributed by atoms with Gasteiger partial charge in [-0.3, -0.25) is 0 Å². The van der Waals surface area contributed by atoms with E-state index in [2.05, 4.69) is 27.8 Å². The van der Waals surface area contributed by atoms with Gasteiger partial charge in [0.25, 0.3) is 0 Å². The Bertz CT molecular complexity index is 168. The van der Waals surface area contributed by atoms with E-state index in [0.717, 1.165) is 11.8 Å². The van der Waals surface area contributed by atoms with Crippen LogP contribution in [0.15, 0.2) is 0 Å². The molecule has 0 fully saturated rings. The van der Waals surface area contributed by atoms with E-state index in [4.69, 9.17) is 9.47 Å². The van der Waals surface area contributed by atoms with Crippen LogP contribution >= 0.6 is 15.9 Å². The summed E-state index contributed by atoms with van der Waals surface area (Å²) in [5.74, 6) is 5.96. The summed E-state index contributed by atoms with van der Waals surface area (Å²) in [4.78, 5) is 0. The lowest BCUT2D eigenvalue weighted by Gasteiger charge is -2.03. The Labute approximate surface area is 95.5 Å². The first-order valence-corrected chi connectivity index (χ1v) is 6.07. The Kier molecular flexibility index (Phi) is 11.0. The van der Waals surface area contributed by atoms with E-state index in [1.807, 2.05) is 0 Å². The summed E-state index contributed by atoms with van der Waals surface area (Å²) in [5.41, 5.74) is 0. The van der Waals surface area contributed by atoms with Crippen LogP contribution in [-0.2, 0) is 9.47 Å². The van der Waals surface area contributed by atoms with Crippen molar-refractivity contribution in [2.24, 2.45) is 0 Å². The predicted octanol–water partition coefficient (Wildman–Crippen LogP) is 2.95. The van der Waals surface area contributed by atoms with E-state index in [9.17, 15) is 0 Å². The molecule has 0 aromatic carbocycles. The highest BCUT2D eigenvalue weighted by atomic mass is 79.9. The van der Waals surface area contributed by atoms with E-state index in [-0.39, 0.29) is 6.29 Å². The fourth-order valence-corrected chi connectivity index (χ4v) is 1.43. The topological polar surface area (TPSA) is 18.5 Å². The molecule has 0 saturated heterocycles. The van der Waals surface area contributed by atoms with Crippen molar-refractivity contribution in [1.29, 1.82) is 0 Å². The summed E-state index contributed by atoms with van der Waals surface area (Å²) in [6.45, 7) is 0. The second-order valence-corrected chi connectivity index (χ2v) is 3.77. The SMILES string of the molecule is COC(C#CCCCCCCBr)OC.